The van der Waals surface area contributed by atoms with Gasteiger partial charge in [0.05, 0.1) is 17.0 Å². The van der Waals surface area contributed by atoms with Gasteiger partial charge >= 0.3 is 0 Å². The van der Waals surface area contributed by atoms with Crippen molar-refractivity contribution >= 4 is 27.2 Å². The Morgan fingerprint density at radius 3 is 2.32 bits per heavy atom. The van der Waals surface area contributed by atoms with Gasteiger partial charge < -0.3 is 4.90 Å². The number of rotatable bonds is 3. The van der Waals surface area contributed by atoms with Gasteiger partial charge in [-0.25, -0.2) is 17.2 Å². The second-order valence-electron chi connectivity index (χ2n) is 4.17. The molecule has 1 aliphatic rings. The minimum atomic E-state index is -3.40. The molecule has 0 radical (unpaired) electrons. The second-order valence-corrected chi connectivity index (χ2v) is 6.43. The van der Waals surface area contributed by atoms with Crippen LogP contribution in [0.3, 0.4) is 0 Å². The van der Waals surface area contributed by atoms with Gasteiger partial charge in [0.2, 0.25) is 0 Å². The van der Waals surface area contributed by atoms with Crippen molar-refractivity contribution in [2.24, 2.45) is 0 Å². The van der Waals surface area contributed by atoms with E-state index in [-0.39, 0.29) is 0 Å². The smallest absolute Gasteiger partial charge is 0.299 e. The number of hydrogen-bond donors (Lipinski definition) is 0. The highest BCUT2D eigenvalue weighted by Gasteiger charge is 2.40. The Morgan fingerprint density at radius 1 is 1.16 bits per heavy atom. The molecule has 102 valence electrons. The molecule has 1 aromatic carbocycles. The number of sulfone groups is 1. The van der Waals surface area contributed by atoms with Gasteiger partial charge in [-0.15, -0.1) is 0 Å². The zero-order chi connectivity index (χ0) is 14.4. The Hall–Kier alpha value is -1.83. The first-order valence-electron chi connectivity index (χ1n) is 5.24. The van der Waals surface area contributed by atoms with E-state index in [1.54, 1.807) is 0 Å². The maximum Gasteiger partial charge on any atom is 0.299 e. The number of benzene rings is 1. The Kier molecular flexibility index (Phi) is 3.13. The molecule has 1 amide bonds. The number of carbonyl (C=O) groups is 2. The highest BCUT2D eigenvalue weighted by Crippen LogP contribution is 2.33. The molecule has 0 bridgehead atoms. The third-order valence-corrected chi connectivity index (χ3v) is 3.62. The molecule has 1 aliphatic heterocycles. The number of hydrogen-bond acceptors (Lipinski definition) is 4. The molecule has 0 fully saturated rings. The van der Waals surface area contributed by atoms with E-state index >= 15 is 0 Å². The molecule has 0 saturated heterocycles. The average Bonchev–Trinajstić information content (AvgIpc) is 2.55. The van der Waals surface area contributed by atoms with Crippen molar-refractivity contribution in [3.05, 3.63) is 29.3 Å². The Labute approximate surface area is 107 Å². The summed E-state index contributed by atoms with van der Waals surface area (Å²) < 4.78 is 49.2. The lowest BCUT2D eigenvalue weighted by molar-refractivity contribution is -0.114. The monoisotopic (exact) mass is 289 g/mol. The topological polar surface area (TPSA) is 71.5 Å². The number of fused-ring (bicyclic) bond motifs is 1. The Balaban J connectivity index is 2.47. The van der Waals surface area contributed by atoms with E-state index in [0.29, 0.717) is 4.90 Å². The van der Waals surface area contributed by atoms with E-state index in [2.05, 4.69) is 0 Å². The second kappa shape index (κ2) is 4.37. The summed E-state index contributed by atoms with van der Waals surface area (Å²) in [7, 11) is -3.40. The SMILES string of the molecule is CS(=O)(=O)CCN1C(=O)C(=O)c2c(F)ccc(F)c21. The van der Waals surface area contributed by atoms with Crippen molar-refractivity contribution in [1.29, 1.82) is 0 Å². The van der Waals surface area contributed by atoms with E-state index in [9.17, 15) is 26.8 Å². The van der Waals surface area contributed by atoms with Crippen LogP contribution in [0, 0.1) is 11.6 Å². The molecule has 1 aromatic rings. The number of carbonyl (C=O) groups excluding carboxylic acids is 2. The normalized spacial score (nSPS) is 15.0. The Morgan fingerprint density at radius 2 is 1.74 bits per heavy atom. The van der Waals surface area contributed by atoms with Crippen LogP contribution in [0.25, 0.3) is 0 Å². The van der Waals surface area contributed by atoms with Gasteiger partial charge in [0.15, 0.2) is 0 Å². The van der Waals surface area contributed by atoms with Gasteiger partial charge in [-0.05, 0) is 12.1 Å². The third kappa shape index (κ3) is 2.35. The quantitative estimate of drug-likeness (QED) is 0.761. The highest BCUT2D eigenvalue weighted by molar-refractivity contribution is 7.90. The lowest BCUT2D eigenvalue weighted by atomic mass is 10.1. The van der Waals surface area contributed by atoms with Crippen LogP contribution in [0.15, 0.2) is 12.1 Å². The molecule has 0 unspecified atom stereocenters. The number of ketones is 1. The number of nitrogens with zero attached hydrogens (tertiary/aromatic N) is 1. The summed E-state index contributed by atoms with van der Waals surface area (Å²) in [5, 5.41) is 0. The van der Waals surface area contributed by atoms with Crippen LogP contribution in [0.1, 0.15) is 10.4 Å². The van der Waals surface area contributed by atoms with Crippen LogP contribution in [0.5, 0.6) is 0 Å². The van der Waals surface area contributed by atoms with Crippen LogP contribution >= 0.6 is 0 Å². The van der Waals surface area contributed by atoms with Crippen LogP contribution in [0.4, 0.5) is 14.5 Å². The lowest BCUT2D eigenvalue weighted by Gasteiger charge is -2.16. The van der Waals surface area contributed by atoms with E-state index in [1.165, 1.54) is 0 Å². The van der Waals surface area contributed by atoms with Gasteiger partial charge in [-0.1, -0.05) is 0 Å². The predicted octanol–water partition coefficient (Wildman–Crippen LogP) is 0.539. The minimum absolute atomic E-state index is 0.392. The number of halogens is 2. The summed E-state index contributed by atoms with van der Waals surface area (Å²) in [6.07, 6.45) is 0.943. The summed E-state index contributed by atoms with van der Waals surface area (Å²) in [4.78, 5) is 23.9. The van der Waals surface area contributed by atoms with Crippen molar-refractivity contribution in [1.82, 2.24) is 0 Å². The van der Waals surface area contributed by atoms with Crippen molar-refractivity contribution in [2.75, 3.05) is 23.5 Å². The summed E-state index contributed by atoms with van der Waals surface area (Å²) in [5.74, 6) is -4.68. The molecule has 0 spiro atoms. The van der Waals surface area contributed by atoms with Crippen LogP contribution in [-0.4, -0.2) is 38.7 Å². The third-order valence-electron chi connectivity index (χ3n) is 2.70. The summed E-state index contributed by atoms with van der Waals surface area (Å²) in [6.45, 7) is -0.392. The first kappa shape index (κ1) is 13.6. The molecule has 8 heteroatoms. The molecule has 0 N–H and O–H groups in total. The molecule has 0 aliphatic carbocycles. The van der Waals surface area contributed by atoms with Gasteiger partial charge in [0, 0.05) is 12.8 Å². The molecule has 0 saturated carbocycles. The van der Waals surface area contributed by atoms with E-state index in [0.717, 1.165) is 18.4 Å². The maximum absolute atomic E-state index is 13.6. The van der Waals surface area contributed by atoms with Crippen molar-refractivity contribution in [3.8, 4) is 0 Å². The Bertz CT molecular complexity index is 684. The van der Waals surface area contributed by atoms with Gasteiger partial charge in [-0.3, -0.25) is 9.59 Å². The van der Waals surface area contributed by atoms with Gasteiger partial charge in [0.1, 0.15) is 21.5 Å². The largest absolute Gasteiger partial charge is 0.301 e. The molecule has 0 atom stereocenters. The fraction of sp³-hybridized carbons (Fsp3) is 0.273. The van der Waals surface area contributed by atoms with Crippen molar-refractivity contribution in [2.45, 2.75) is 0 Å². The molecule has 19 heavy (non-hydrogen) atoms. The van der Waals surface area contributed by atoms with Gasteiger partial charge in [0.25, 0.3) is 11.7 Å². The number of Topliss-reactive ketones (excluding diaryl/α,β-unsaturated/α-hetero) is 1. The van der Waals surface area contributed by atoms with E-state index in [4.69, 9.17) is 0 Å². The zero-order valence-electron chi connectivity index (χ0n) is 9.81. The summed E-state index contributed by atoms with van der Waals surface area (Å²) >= 11 is 0. The lowest BCUT2D eigenvalue weighted by Crippen LogP contribution is -2.34. The minimum Gasteiger partial charge on any atom is -0.301 e. The van der Waals surface area contributed by atoms with Crippen LogP contribution in [0.2, 0.25) is 0 Å². The maximum atomic E-state index is 13.6. The van der Waals surface area contributed by atoms with Crippen molar-refractivity contribution in [3.63, 3.8) is 0 Å². The zero-order valence-corrected chi connectivity index (χ0v) is 10.6. The van der Waals surface area contributed by atoms with E-state index in [1.807, 2.05) is 0 Å². The molecule has 1 heterocycles. The molecular weight excluding hydrogens is 280 g/mol. The molecule has 0 aromatic heterocycles. The van der Waals surface area contributed by atoms with Crippen molar-refractivity contribution < 1.29 is 26.8 Å². The fourth-order valence-electron chi connectivity index (χ4n) is 1.82. The summed E-state index contributed by atoms with van der Waals surface area (Å²) in [6, 6.07) is 1.53. The average molecular weight is 289 g/mol. The molecular formula is C11H9F2NO4S. The van der Waals surface area contributed by atoms with Crippen LogP contribution < -0.4 is 4.90 Å². The van der Waals surface area contributed by atoms with Gasteiger partial charge in [-0.2, -0.15) is 0 Å². The first-order chi connectivity index (χ1) is 8.72. The first-order valence-corrected chi connectivity index (χ1v) is 7.30. The predicted molar refractivity (Wildman–Crippen MR) is 62.8 cm³/mol. The molecule has 2 rings (SSSR count). The summed E-state index contributed by atoms with van der Waals surface area (Å²) in [5.41, 5.74) is -1.13. The number of amides is 1. The number of anilines is 1. The molecule has 5 nitrogen and oxygen atoms in total. The van der Waals surface area contributed by atoms with Crippen LogP contribution in [-0.2, 0) is 14.6 Å². The van der Waals surface area contributed by atoms with E-state index < -0.39 is 56.7 Å². The standard InChI is InChI=1S/C11H9F2NO4S/c1-19(17,18)5-4-14-9-7(13)3-2-6(12)8(9)10(15)11(14)16/h2-3H,4-5H2,1H3. The fourth-order valence-corrected chi connectivity index (χ4v) is 2.34. The highest BCUT2D eigenvalue weighted by atomic mass is 32.2.